The lowest BCUT2D eigenvalue weighted by molar-refractivity contribution is -0.690. The highest BCUT2D eigenvalue weighted by Gasteiger charge is 3.02. The number of amidine groups is 1. The van der Waals surface area contributed by atoms with Crippen molar-refractivity contribution in [1.82, 2.24) is 0 Å². The Kier molecular flexibility index (Phi) is 2.68. The fourth-order valence-corrected chi connectivity index (χ4v) is 4.40. The standard InChI is InChI=1S/C13H18N4O2/c1-5-10(6-2)11(7-14)9(16)17-13(18-3,19-4)12(10,11)8-15/h5-6H2,1-4H3,(H2,16,17)/p+1/t11-,12+/m1/s1. The second-order valence-electron chi connectivity index (χ2n) is 5.08. The Labute approximate surface area is 112 Å². The summed E-state index contributed by atoms with van der Waals surface area (Å²) < 4.78 is 10.9. The van der Waals surface area contributed by atoms with Gasteiger partial charge < -0.3 is 9.47 Å². The minimum Gasteiger partial charge on any atom is -0.317 e. The van der Waals surface area contributed by atoms with Crippen molar-refractivity contribution in [2.75, 3.05) is 14.2 Å². The topological polar surface area (TPSA) is 106 Å². The van der Waals surface area contributed by atoms with Gasteiger partial charge >= 0.3 is 5.91 Å². The zero-order valence-electron chi connectivity index (χ0n) is 11.7. The molecule has 1 aliphatic carbocycles. The number of nitriles is 2. The van der Waals surface area contributed by atoms with Crippen molar-refractivity contribution in [2.24, 2.45) is 22.0 Å². The molecule has 2 aliphatic rings. The van der Waals surface area contributed by atoms with Gasteiger partial charge in [-0.2, -0.15) is 10.5 Å². The maximum absolute atomic E-state index is 9.81. The fraction of sp³-hybridized carbons (Fsp3) is 0.769. The van der Waals surface area contributed by atoms with E-state index in [2.05, 4.69) is 17.1 Å². The number of nitrogens with one attached hydrogen (secondary N) is 1. The zero-order chi connectivity index (χ0) is 14.5. The molecule has 1 heterocycles. The average molecular weight is 263 g/mol. The van der Waals surface area contributed by atoms with Crippen molar-refractivity contribution in [2.45, 2.75) is 32.6 Å². The second-order valence-corrected chi connectivity index (χ2v) is 5.08. The van der Waals surface area contributed by atoms with Crippen LogP contribution in [0.4, 0.5) is 0 Å². The number of nitrogens with two attached hydrogens (primary N) is 1. The van der Waals surface area contributed by atoms with E-state index in [0.29, 0.717) is 12.8 Å². The van der Waals surface area contributed by atoms with Crippen molar-refractivity contribution in [3.8, 4) is 12.1 Å². The Bertz CT molecular complexity index is 522. The molecular weight excluding hydrogens is 244 g/mol. The molecule has 6 heteroatoms. The third kappa shape index (κ3) is 0.898. The number of hydrogen-bond donors (Lipinski definition) is 2. The number of nitrogens with zero attached hydrogens (tertiary/aromatic N) is 2. The first kappa shape index (κ1) is 13.8. The first-order valence-electron chi connectivity index (χ1n) is 6.33. The SMILES string of the molecule is CCC1(CC)[C@]2(C#N)C(OC)(OC)[NH+]=C(N)[C@]12C#N. The van der Waals surface area contributed by atoms with Gasteiger partial charge in [-0.1, -0.05) is 13.8 Å². The summed E-state index contributed by atoms with van der Waals surface area (Å²) in [5.74, 6) is -1.10. The summed E-state index contributed by atoms with van der Waals surface area (Å²) in [5.41, 5.74) is 3.31. The molecule has 1 saturated carbocycles. The quantitative estimate of drug-likeness (QED) is 0.647. The number of ether oxygens (including phenoxy) is 2. The minimum atomic E-state index is -1.37. The van der Waals surface area contributed by atoms with Crippen LogP contribution in [0.3, 0.4) is 0 Å². The van der Waals surface area contributed by atoms with Gasteiger partial charge in [0.2, 0.25) is 0 Å². The predicted octanol–water partition coefficient (Wildman–Crippen LogP) is -0.776. The van der Waals surface area contributed by atoms with E-state index in [1.807, 2.05) is 13.8 Å². The van der Waals surface area contributed by atoms with Gasteiger partial charge in [0, 0.05) is 19.6 Å². The highest BCUT2D eigenvalue weighted by molar-refractivity contribution is 5.94. The molecule has 6 nitrogen and oxygen atoms in total. The lowest BCUT2D eigenvalue weighted by atomic mass is 9.85. The van der Waals surface area contributed by atoms with Crippen molar-refractivity contribution in [3.63, 3.8) is 0 Å². The molecule has 0 amide bonds. The number of fused-ring (bicyclic) bond motifs is 1. The van der Waals surface area contributed by atoms with Crippen LogP contribution in [0.15, 0.2) is 0 Å². The van der Waals surface area contributed by atoms with Crippen LogP contribution in [0.25, 0.3) is 0 Å². The third-order valence-corrected chi connectivity index (χ3v) is 5.25. The zero-order valence-corrected chi connectivity index (χ0v) is 11.7. The van der Waals surface area contributed by atoms with Gasteiger partial charge in [0.25, 0.3) is 5.84 Å². The summed E-state index contributed by atoms with van der Waals surface area (Å²) in [4.78, 5) is 2.88. The average Bonchev–Trinajstić information content (AvgIpc) is 2.93. The summed E-state index contributed by atoms with van der Waals surface area (Å²) in [6, 6.07) is 4.55. The Morgan fingerprint density at radius 3 is 1.95 bits per heavy atom. The van der Waals surface area contributed by atoms with Gasteiger partial charge in [0.1, 0.15) is 0 Å². The molecule has 0 unspecified atom stereocenters. The molecule has 0 aromatic heterocycles. The fourth-order valence-electron chi connectivity index (χ4n) is 4.40. The smallest absolute Gasteiger partial charge is 0.317 e. The minimum absolute atomic E-state index is 0.268. The lowest BCUT2D eigenvalue weighted by Crippen LogP contribution is -2.91. The molecule has 2 rings (SSSR count). The molecule has 0 spiro atoms. The van der Waals surface area contributed by atoms with Crippen molar-refractivity contribution in [3.05, 3.63) is 0 Å². The van der Waals surface area contributed by atoms with E-state index >= 15 is 0 Å². The van der Waals surface area contributed by atoms with Gasteiger partial charge in [0.05, 0.1) is 12.1 Å². The van der Waals surface area contributed by atoms with Crippen LogP contribution in [-0.4, -0.2) is 26.0 Å². The Morgan fingerprint density at radius 1 is 1.16 bits per heavy atom. The van der Waals surface area contributed by atoms with E-state index in [-0.39, 0.29) is 5.84 Å². The number of methoxy groups -OCH3 is 2. The molecule has 2 atom stereocenters. The van der Waals surface area contributed by atoms with E-state index in [1.54, 1.807) is 0 Å². The van der Waals surface area contributed by atoms with Gasteiger partial charge in [-0.05, 0) is 12.8 Å². The monoisotopic (exact) mass is 263 g/mol. The molecule has 1 fully saturated rings. The molecule has 102 valence electrons. The molecular formula is C13H19N4O2+. The van der Waals surface area contributed by atoms with Crippen LogP contribution in [0.1, 0.15) is 26.7 Å². The maximum Gasteiger partial charge on any atom is 0.342 e. The van der Waals surface area contributed by atoms with Gasteiger partial charge in [-0.3, -0.25) is 5.73 Å². The van der Waals surface area contributed by atoms with E-state index in [0.717, 1.165) is 0 Å². The molecule has 0 bridgehead atoms. The first-order chi connectivity index (χ1) is 8.99. The van der Waals surface area contributed by atoms with Crippen molar-refractivity contribution in [1.29, 1.82) is 10.5 Å². The molecule has 0 aromatic rings. The van der Waals surface area contributed by atoms with Gasteiger partial charge in [-0.15, -0.1) is 0 Å². The van der Waals surface area contributed by atoms with E-state index in [1.165, 1.54) is 14.2 Å². The summed E-state index contributed by atoms with van der Waals surface area (Å²) in [5, 5.41) is 19.5. The van der Waals surface area contributed by atoms with Gasteiger partial charge in [0.15, 0.2) is 10.8 Å². The summed E-state index contributed by atoms with van der Waals surface area (Å²) in [6.45, 7) is 3.92. The number of hydrogen-bond acceptors (Lipinski definition) is 5. The molecule has 1 aliphatic heterocycles. The lowest BCUT2D eigenvalue weighted by Gasteiger charge is -2.30. The molecule has 0 aromatic carbocycles. The third-order valence-electron chi connectivity index (χ3n) is 5.25. The highest BCUT2D eigenvalue weighted by atomic mass is 16.7. The maximum atomic E-state index is 9.81. The summed E-state index contributed by atoms with van der Waals surface area (Å²) >= 11 is 0. The molecule has 0 saturated heterocycles. The Balaban J connectivity index is 2.80. The molecule has 3 N–H and O–H groups in total. The van der Waals surface area contributed by atoms with Crippen LogP contribution >= 0.6 is 0 Å². The van der Waals surface area contributed by atoms with Crippen molar-refractivity contribution < 1.29 is 14.5 Å². The molecule has 0 radical (unpaired) electrons. The predicted molar refractivity (Wildman–Crippen MR) is 66.0 cm³/mol. The van der Waals surface area contributed by atoms with E-state index in [9.17, 15) is 10.5 Å². The van der Waals surface area contributed by atoms with Gasteiger partial charge in [-0.25, -0.2) is 4.99 Å². The van der Waals surface area contributed by atoms with Crippen LogP contribution in [0.2, 0.25) is 0 Å². The highest BCUT2D eigenvalue weighted by Crippen LogP contribution is 2.84. The van der Waals surface area contributed by atoms with E-state index in [4.69, 9.17) is 15.2 Å². The number of rotatable bonds is 4. The van der Waals surface area contributed by atoms with Crippen molar-refractivity contribution >= 4 is 5.84 Å². The Hall–Kier alpha value is -1.63. The van der Waals surface area contributed by atoms with Crippen LogP contribution in [0, 0.1) is 38.9 Å². The normalized spacial score (nSPS) is 36.8. The summed E-state index contributed by atoms with van der Waals surface area (Å²) in [7, 11) is 2.90. The second kappa shape index (κ2) is 3.69. The van der Waals surface area contributed by atoms with E-state index < -0.39 is 22.2 Å². The summed E-state index contributed by atoms with van der Waals surface area (Å²) in [6.07, 6.45) is 1.31. The van der Waals surface area contributed by atoms with Crippen LogP contribution in [-0.2, 0) is 9.47 Å². The first-order valence-corrected chi connectivity index (χ1v) is 6.33. The van der Waals surface area contributed by atoms with Crippen LogP contribution < -0.4 is 10.7 Å². The Morgan fingerprint density at radius 2 is 1.68 bits per heavy atom. The van der Waals surface area contributed by atoms with Crippen LogP contribution in [0.5, 0.6) is 0 Å². The largest absolute Gasteiger partial charge is 0.342 e. The molecule has 19 heavy (non-hydrogen) atoms.